The first-order valence-corrected chi connectivity index (χ1v) is 8.25. The lowest BCUT2D eigenvalue weighted by Crippen LogP contribution is -2.32. The average molecular weight is 311 g/mol. The fraction of sp³-hybridized carbons (Fsp3) is 0.647. The highest BCUT2D eigenvalue weighted by atomic mass is 35.5. The molecule has 0 bridgehead atoms. The quantitative estimate of drug-likeness (QED) is 0.867. The van der Waals surface area contributed by atoms with Crippen LogP contribution in [0.4, 0.5) is 5.69 Å². The van der Waals surface area contributed by atoms with E-state index in [4.69, 9.17) is 16.3 Å². The number of nitrogens with one attached hydrogen (secondary N) is 1. The van der Waals surface area contributed by atoms with Crippen LogP contribution in [0.25, 0.3) is 0 Å². The fourth-order valence-corrected chi connectivity index (χ4v) is 3.06. The van der Waals surface area contributed by atoms with E-state index in [0.29, 0.717) is 12.0 Å². The van der Waals surface area contributed by atoms with Crippen molar-refractivity contribution in [2.45, 2.75) is 39.3 Å². The molecule has 4 heteroatoms. The molecule has 1 N–H and O–H groups in total. The molecule has 0 aliphatic carbocycles. The zero-order valence-corrected chi connectivity index (χ0v) is 14.1. The second kappa shape index (κ2) is 8.02. The Balaban J connectivity index is 2.07. The van der Waals surface area contributed by atoms with Crippen LogP contribution in [-0.2, 0) is 11.3 Å². The topological polar surface area (TPSA) is 24.5 Å². The molecule has 118 valence electrons. The first-order chi connectivity index (χ1) is 10.1. The predicted molar refractivity (Wildman–Crippen MR) is 90.2 cm³/mol. The van der Waals surface area contributed by atoms with E-state index < -0.39 is 0 Å². The van der Waals surface area contributed by atoms with Crippen LogP contribution >= 0.6 is 11.6 Å². The summed E-state index contributed by atoms with van der Waals surface area (Å²) in [5, 5.41) is 4.31. The van der Waals surface area contributed by atoms with Crippen LogP contribution in [0.1, 0.15) is 32.3 Å². The molecule has 1 heterocycles. The van der Waals surface area contributed by atoms with Gasteiger partial charge in [0.05, 0.1) is 6.61 Å². The van der Waals surface area contributed by atoms with Gasteiger partial charge in [-0.25, -0.2) is 0 Å². The minimum Gasteiger partial charge on any atom is -0.381 e. The lowest BCUT2D eigenvalue weighted by Gasteiger charge is -2.30. The minimum atomic E-state index is 0.450. The van der Waals surface area contributed by atoms with E-state index in [0.717, 1.165) is 31.3 Å². The van der Waals surface area contributed by atoms with Crippen molar-refractivity contribution >= 4 is 17.3 Å². The van der Waals surface area contributed by atoms with Crippen LogP contribution in [0.2, 0.25) is 5.02 Å². The molecule has 0 aromatic heterocycles. The van der Waals surface area contributed by atoms with Crippen LogP contribution < -0.4 is 10.2 Å². The summed E-state index contributed by atoms with van der Waals surface area (Å²) in [4.78, 5) is 2.32. The van der Waals surface area contributed by atoms with Gasteiger partial charge < -0.3 is 15.0 Å². The first-order valence-electron chi connectivity index (χ1n) is 7.87. The van der Waals surface area contributed by atoms with Gasteiger partial charge in [-0.1, -0.05) is 31.5 Å². The van der Waals surface area contributed by atoms with Crippen LogP contribution in [0.3, 0.4) is 0 Å². The van der Waals surface area contributed by atoms with Crippen LogP contribution in [0, 0.1) is 5.92 Å². The van der Waals surface area contributed by atoms with Gasteiger partial charge in [-0.15, -0.1) is 0 Å². The van der Waals surface area contributed by atoms with E-state index in [9.17, 15) is 0 Å². The maximum absolute atomic E-state index is 6.41. The summed E-state index contributed by atoms with van der Waals surface area (Å²) in [5.74, 6) is 0.619. The maximum atomic E-state index is 6.41. The van der Waals surface area contributed by atoms with Crippen molar-refractivity contribution < 1.29 is 4.74 Å². The second-order valence-corrected chi connectivity index (χ2v) is 6.64. The monoisotopic (exact) mass is 310 g/mol. The average Bonchev–Trinajstić information content (AvgIpc) is 2.46. The Bertz CT molecular complexity index is 444. The molecular weight excluding hydrogens is 284 g/mol. The highest BCUT2D eigenvalue weighted by Crippen LogP contribution is 2.28. The number of hydrogen-bond donors (Lipinski definition) is 1. The number of rotatable bonds is 6. The summed E-state index contributed by atoms with van der Waals surface area (Å²) >= 11 is 6.41. The van der Waals surface area contributed by atoms with Crippen LogP contribution in [-0.4, -0.2) is 32.8 Å². The third-order valence-electron chi connectivity index (χ3n) is 3.98. The molecule has 3 nitrogen and oxygen atoms in total. The van der Waals surface area contributed by atoms with Crippen LogP contribution in [0.15, 0.2) is 18.2 Å². The van der Waals surface area contributed by atoms with Crippen molar-refractivity contribution in [3.63, 3.8) is 0 Å². The van der Waals surface area contributed by atoms with Gasteiger partial charge in [0.25, 0.3) is 0 Å². The van der Waals surface area contributed by atoms with E-state index >= 15 is 0 Å². The molecule has 0 radical (unpaired) electrons. The Hall–Kier alpha value is -0.770. The molecular formula is C17H27ClN2O. The zero-order valence-electron chi connectivity index (χ0n) is 13.4. The summed E-state index contributed by atoms with van der Waals surface area (Å²) in [5.41, 5.74) is 2.41. The SMILES string of the molecule is CC(C)NCc1c(Cl)cccc1N(C)CC1CCCOC1. The van der Waals surface area contributed by atoms with Gasteiger partial charge in [0.2, 0.25) is 0 Å². The molecule has 2 rings (SSSR count). The lowest BCUT2D eigenvalue weighted by atomic mass is 10.0. The normalized spacial score (nSPS) is 19.0. The molecule has 1 saturated heterocycles. The standard InChI is InChI=1S/C17H27ClN2O/c1-13(2)19-10-15-16(18)7-4-8-17(15)20(3)11-14-6-5-9-21-12-14/h4,7-8,13-14,19H,5-6,9-12H2,1-3H3. The summed E-state index contributed by atoms with van der Waals surface area (Å²) in [6, 6.07) is 6.61. The number of ether oxygens (including phenoxy) is 1. The molecule has 1 aliphatic heterocycles. The van der Waals surface area contributed by atoms with Gasteiger partial charge in [-0.05, 0) is 30.9 Å². The van der Waals surface area contributed by atoms with Crippen molar-refractivity contribution in [3.05, 3.63) is 28.8 Å². The Labute approximate surface area is 133 Å². The number of nitrogens with zero attached hydrogens (tertiary/aromatic N) is 1. The maximum Gasteiger partial charge on any atom is 0.0511 e. The van der Waals surface area contributed by atoms with Gasteiger partial charge >= 0.3 is 0 Å². The molecule has 0 saturated carbocycles. The van der Waals surface area contributed by atoms with Crippen molar-refractivity contribution in [3.8, 4) is 0 Å². The number of benzene rings is 1. The zero-order chi connectivity index (χ0) is 15.2. The Morgan fingerprint density at radius 1 is 1.43 bits per heavy atom. The van der Waals surface area contributed by atoms with E-state index in [1.54, 1.807) is 0 Å². The highest BCUT2D eigenvalue weighted by molar-refractivity contribution is 6.31. The molecule has 0 amide bonds. The third-order valence-corrected chi connectivity index (χ3v) is 4.33. The summed E-state index contributed by atoms with van der Waals surface area (Å²) in [6.07, 6.45) is 2.43. The smallest absolute Gasteiger partial charge is 0.0511 e. The van der Waals surface area contributed by atoms with Gasteiger partial charge in [-0.2, -0.15) is 0 Å². The lowest BCUT2D eigenvalue weighted by molar-refractivity contribution is 0.0576. The third kappa shape index (κ3) is 4.87. The van der Waals surface area contributed by atoms with E-state index in [-0.39, 0.29) is 0 Å². The largest absolute Gasteiger partial charge is 0.381 e. The summed E-state index contributed by atoms with van der Waals surface area (Å²) in [7, 11) is 2.15. The van der Waals surface area contributed by atoms with Gasteiger partial charge in [0.1, 0.15) is 0 Å². The van der Waals surface area contributed by atoms with Crippen molar-refractivity contribution in [1.29, 1.82) is 0 Å². The van der Waals surface area contributed by atoms with Crippen molar-refractivity contribution in [1.82, 2.24) is 5.32 Å². The van der Waals surface area contributed by atoms with E-state index in [1.165, 1.54) is 24.1 Å². The van der Waals surface area contributed by atoms with Crippen LogP contribution in [0.5, 0.6) is 0 Å². The molecule has 1 aliphatic rings. The molecule has 1 aromatic carbocycles. The first kappa shape index (κ1) is 16.6. The summed E-state index contributed by atoms with van der Waals surface area (Å²) < 4.78 is 5.59. The minimum absolute atomic E-state index is 0.450. The Kier molecular flexibility index (Phi) is 6.34. The molecule has 1 fully saturated rings. The second-order valence-electron chi connectivity index (χ2n) is 6.24. The van der Waals surface area contributed by atoms with Gasteiger partial charge in [-0.3, -0.25) is 0 Å². The summed E-state index contributed by atoms with van der Waals surface area (Å²) in [6.45, 7) is 7.93. The van der Waals surface area contributed by atoms with E-state index in [2.05, 4.69) is 37.2 Å². The molecule has 1 unspecified atom stereocenters. The number of hydrogen-bond acceptors (Lipinski definition) is 3. The molecule has 1 aromatic rings. The number of halogens is 1. The molecule has 21 heavy (non-hydrogen) atoms. The van der Waals surface area contributed by atoms with E-state index in [1.807, 2.05) is 12.1 Å². The highest BCUT2D eigenvalue weighted by Gasteiger charge is 2.18. The number of anilines is 1. The molecule has 0 spiro atoms. The van der Waals surface area contributed by atoms with Gasteiger partial charge in [0, 0.05) is 49.1 Å². The fourth-order valence-electron chi connectivity index (χ4n) is 2.82. The Morgan fingerprint density at radius 2 is 2.24 bits per heavy atom. The van der Waals surface area contributed by atoms with Gasteiger partial charge in [0.15, 0.2) is 0 Å². The predicted octanol–water partition coefficient (Wildman–Crippen LogP) is 3.70. The van der Waals surface area contributed by atoms with Crippen molar-refractivity contribution in [2.24, 2.45) is 5.92 Å². The van der Waals surface area contributed by atoms with Crippen molar-refractivity contribution in [2.75, 3.05) is 31.7 Å². The Morgan fingerprint density at radius 3 is 2.90 bits per heavy atom. The molecule has 1 atom stereocenters.